The van der Waals surface area contributed by atoms with Crippen LogP contribution in [0.2, 0.25) is 0 Å². The average molecular weight is 635 g/mol. The number of carbonyl (C=O) groups excluding carboxylic acids is 2. The van der Waals surface area contributed by atoms with Crippen LogP contribution in [0, 0.1) is 0 Å². The van der Waals surface area contributed by atoms with Gasteiger partial charge in [0.15, 0.2) is 0 Å². The van der Waals surface area contributed by atoms with Crippen LogP contribution in [0.3, 0.4) is 0 Å². The van der Waals surface area contributed by atoms with E-state index in [-0.39, 0.29) is 59.3 Å². The Kier molecular flexibility index (Phi) is 8.24. The van der Waals surface area contributed by atoms with E-state index in [0.29, 0.717) is 29.9 Å². The molecular weight excluding hydrogens is 605 g/mol. The third-order valence-corrected chi connectivity index (χ3v) is 8.50. The number of rotatable bonds is 9. The van der Waals surface area contributed by atoms with Crippen LogP contribution in [-0.4, -0.2) is 55.0 Å². The van der Waals surface area contributed by atoms with Crippen molar-refractivity contribution < 1.29 is 45.2 Å². The number of halogens is 3. The summed E-state index contributed by atoms with van der Waals surface area (Å²) in [7, 11) is -3.07. The molecule has 2 aliphatic heterocycles. The van der Waals surface area contributed by atoms with Crippen molar-refractivity contribution in [2.45, 2.75) is 75.6 Å². The van der Waals surface area contributed by atoms with Gasteiger partial charge in [0.25, 0.3) is 5.91 Å². The van der Waals surface area contributed by atoms with Gasteiger partial charge in [0.1, 0.15) is 17.2 Å². The van der Waals surface area contributed by atoms with Crippen molar-refractivity contribution in [3.63, 3.8) is 0 Å². The van der Waals surface area contributed by atoms with Gasteiger partial charge in [-0.25, -0.2) is 13.2 Å². The molecule has 1 aliphatic carbocycles. The maximum absolute atomic E-state index is 13.2. The molecule has 234 valence electrons. The molecule has 2 unspecified atom stereocenters. The minimum absolute atomic E-state index is 0.0667. The van der Waals surface area contributed by atoms with E-state index < -0.39 is 23.2 Å². The molecule has 3 fully saturated rings. The number of aromatic nitrogens is 1. The molecule has 3 heterocycles. The van der Waals surface area contributed by atoms with Gasteiger partial charge < -0.3 is 24.2 Å². The van der Waals surface area contributed by atoms with Gasteiger partial charge >= 0.3 is 12.4 Å². The second-order valence-corrected chi connectivity index (χ2v) is 11.8. The number of hydrogen-bond acceptors (Lipinski definition) is 8. The van der Waals surface area contributed by atoms with Crippen LogP contribution < -0.4 is 14.8 Å². The molecule has 3 aromatic rings. The fraction of sp³-hybridized carbons (Fsp3) is 0.414. The molecule has 1 aromatic heterocycles. The number of anilines is 1. The highest BCUT2D eigenvalue weighted by Crippen LogP contribution is 2.46. The summed E-state index contributed by atoms with van der Waals surface area (Å²) in [5, 5.41) is 6.98. The minimum atomic E-state index is -4.86. The fourth-order valence-electron chi connectivity index (χ4n) is 6.05. The number of ether oxygens (including phenoxy) is 2. The first kappa shape index (κ1) is 29.9. The molecule has 11 nitrogen and oxygen atoms in total. The second kappa shape index (κ2) is 12.1. The number of carbonyl (C=O) groups is 2. The number of benzene rings is 2. The molecule has 2 saturated heterocycles. The molecule has 3 aliphatic rings. The van der Waals surface area contributed by atoms with E-state index in [0.717, 1.165) is 25.7 Å². The third kappa shape index (κ3) is 6.68. The van der Waals surface area contributed by atoms with Crippen LogP contribution in [0.1, 0.15) is 66.1 Å². The van der Waals surface area contributed by atoms with E-state index in [2.05, 4.69) is 15.2 Å². The molecule has 0 spiro atoms. The van der Waals surface area contributed by atoms with Crippen LogP contribution in [0.4, 0.5) is 23.7 Å². The first-order chi connectivity index (χ1) is 21.1. The molecule has 2 N–H and O–H groups in total. The highest BCUT2D eigenvalue weighted by Gasteiger charge is 2.44. The highest BCUT2D eigenvalue weighted by atomic mass is 32.2. The minimum Gasteiger partial charge on any atom is -0.405 e. The predicted molar refractivity (Wildman–Crippen MR) is 150 cm³/mol. The zero-order valence-corrected chi connectivity index (χ0v) is 24.1. The summed E-state index contributed by atoms with van der Waals surface area (Å²) < 4.78 is 78.7. The van der Waals surface area contributed by atoms with Gasteiger partial charge in [0, 0.05) is 40.4 Å². The number of thiol groups is 1. The lowest BCUT2D eigenvalue weighted by molar-refractivity contribution is -0.274. The lowest BCUT2D eigenvalue weighted by Gasteiger charge is -2.38. The molecule has 44 heavy (non-hydrogen) atoms. The van der Waals surface area contributed by atoms with Gasteiger partial charge in [-0.1, -0.05) is 17.3 Å². The Hall–Kier alpha value is -4.11. The van der Waals surface area contributed by atoms with Crippen LogP contribution >= 0.6 is 0 Å². The summed E-state index contributed by atoms with van der Waals surface area (Å²) in [5.74, 6) is -0.370. The first-order valence-corrected chi connectivity index (χ1v) is 15.3. The zero-order chi connectivity index (χ0) is 31.0. The lowest BCUT2D eigenvalue weighted by Crippen LogP contribution is -2.50. The molecule has 15 heteroatoms. The SMILES string of the molecule is O=C(N[SH](=O)=O)c1ccc(NC(=O)N2C3CCC2CC(OCc2c(-c4ccccc4OC(F)(F)F)noc2C2CC2)C3)cc1. The fourth-order valence-corrected chi connectivity index (χ4v) is 6.35. The zero-order valence-electron chi connectivity index (χ0n) is 23.2. The number of nitrogens with zero attached hydrogens (tertiary/aromatic N) is 2. The summed E-state index contributed by atoms with van der Waals surface area (Å²) in [4.78, 5) is 26.9. The number of urea groups is 1. The number of para-hydroxylation sites is 1. The smallest absolute Gasteiger partial charge is 0.405 e. The molecular formula is C29H29F3N4O7S. The summed E-state index contributed by atoms with van der Waals surface area (Å²) in [5.41, 5.74) is 1.63. The lowest BCUT2D eigenvalue weighted by atomic mass is 9.99. The van der Waals surface area contributed by atoms with Crippen molar-refractivity contribution in [1.82, 2.24) is 14.8 Å². The van der Waals surface area contributed by atoms with Gasteiger partial charge in [0.2, 0.25) is 10.9 Å². The number of amides is 3. The topological polar surface area (TPSA) is 140 Å². The van der Waals surface area contributed by atoms with E-state index in [1.54, 1.807) is 10.8 Å². The van der Waals surface area contributed by atoms with Gasteiger partial charge in [-0.15, -0.1) is 13.2 Å². The number of nitrogens with one attached hydrogen (secondary N) is 2. The second-order valence-electron chi connectivity index (χ2n) is 11.1. The Labute approximate surface area is 251 Å². The Morgan fingerprint density at radius 3 is 2.32 bits per heavy atom. The molecule has 0 radical (unpaired) electrons. The van der Waals surface area contributed by atoms with Gasteiger partial charge in [0.05, 0.1) is 12.7 Å². The molecule has 2 bridgehead atoms. The maximum Gasteiger partial charge on any atom is 0.573 e. The molecule has 2 aromatic carbocycles. The van der Waals surface area contributed by atoms with Crippen LogP contribution in [-0.2, 0) is 22.2 Å². The van der Waals surface area contributed by atoms with Crippen LogP contribution in [0.15, 0.2) is 53.1 Å². The Morgan fingerprint density at radius 1 is 1.00 bits per heavy atom. The predicted octanol–water partition coefficient (Wildman–Crippen LogP) is 5.12. The van der Waals surface area contributed by atoms with Crippen molar-refractivity contribution in [3.05, 3.63) is 65.4 Å². The number of fused-ring (bicyclic) bond motifs is 2. The van der Waals surface area contributed by atoms with Gasteiger partial charge in [-0.05, 0) is 74.9 Å². The van der Waals surface area contributed by atoms with Crippen molar-refractivity contribution in [3.8, 4) is 17.0 Å². The first-order valence-electron chi connectivity index (χ1n) is 14.2. The number of alkyl halides is 3. The van der Waals surface area contributed by atoms with E-state index >= 15 is 0 Å². The van der Waals surface area contributed by atoms with Gasteiger partial charge in [-0.3, -0.25) is 9.52 Å². The summed E-state index contributed by atoms with van der Waals surface area (Å²) in [6.07, 6.45) is -0.465. The monoisotopic (exact) mass is 634 g/mol. The Morgan fingerprint density at radius 2 is 1.68 bits per heavy atom. The Balaban J connectivity index is 1.11. The Bertz CT molecular complexity index is 1600. The van der Waals surface area contributed by atoms with E-state index in [1.165, 1.54) is 42.5 Å². The average Bonchev–Trinajstić information content (AvgIpc) is 3.66. The molecule has 6 rings (SSSR count). The summed E-state index contributed by atoms with van der Waals surface area (Å²) in [6.45, 7) is 0.0991. The summed E-state index contributed by atoms with van der Waals surface area (Å²) in [6, 6.07) is 11.3. The van der Waals surface area contributed by atoms with Crippen LogP contribution in [0.5, 0.6) is 5.75 Å². The van der Waals surface area contributed by atoms with E-state index in [9.17, 15) is 31.2 Å². The van der Waals surface area contributed by atoms with Crippen molar-refractivity contribution in [2.24, 2.45) is 0 Å². The van der Waals surface area contributed by atoms with Crippen LogP contribution in [0.25, 0.3) is 11.3 Å². The van der Waals surface area contributed by atoms with Crippen molar-refractivity contribution in [1.29, 1.82) is 0 Å². The van der Waals surface area contributed by atoms with Crippen molar-refractivity contribution >= 4 is 28.5 Å². The quantitative estimate of drug-likeness (QED) is 0.276. The molecule has 1 saturated carbocycles. The maximum atomic E-state index is 13.2. The van der Waals surface area contributed by atoms with Crippen molar-refractivity contribution in [2.75, 3.05) is 5.32 Å². The van der Waals surface area contributed by atoms with E-state index in [1.807, 2.05) is 4.90 Å². The highest BCUT2D eigenvalue weighted by molar-refractivity contribution is 7.71. The normalized spacial score (nSPS) is 21.4. The number of hydrogen-bond donors (Lipinski definition) is 3. The third-order valence-electron chi connectivity index (χ3n) is 8.11. The standard InChI is InChI=1S/C29H29F3N4O7S/c30-29(31,32)42-24-4-2-1-3-22(24)25-23(26(43-34-25)16-5-6-16)15-41-21-13-19-11-12-20(14-21)36(19)28(38)33-18-9-7-17(8-10-18)27(37)35-44(39)40/h1-4,7-10,16,19-21,44H,5-6,11-15H2,(H,33,38)(H,35,37,39,40). The van der Waals surface area contributed by atoms with E-state index in [4.69, 9.17) is 9.26 Å². The molecule has 3 amide bonds. The largest absolute Gasteiger partial charge is 0.573 e. The van der Waals surface area contributed by atoms with Gasteiger partial charge in [-0.2, -0.15) is 0 Å². The number of piperidine rings is 1. The molecule has 2 atom stereocenters. The summed E-state index contributed by atoms with van der Waals surface area (Å²) >= 11 is 0.